The minimum absolute atomic E-state index is 0.537. The number of nitrogens with zero attached hydrogens (tertiary/aromatic N) is 2. The summed E-state index contributed by atoms with van der Waals surface area (Å²) in [5.41, 5.74) is 2.25. The minimum atomic E-state index is 0.537. The zero-order chi connectivity index (χ0) is 13.9. The maximum atomic E-state index is 8.79. The van der Waals surface area contributed by atoms with Crippen LogP contribution in [0, 0.1) is 23.0 Å². The normalized spacial score (nSPS) is 12.0. The molecule has 96 valence electrons. The molecular weight excluding hydrogens is 284 g/mol. The smallest absolute Gasteiger partial charge is 0.138 e. The fraction of sp³-hybridized carbons (Fsp3) is 0.0625. The summed E-state index contributed by atoms with van der Waals surface area (Å²) in [5.74, 6) is 2.72. The van der Waals surface area contributed by atoms with Crippen LogP contribution < -0.4 is 4.90 Å². The van der Waals surface area contributed by atoms with Gasteiger partial charge in [-0.2, -0.15) is 5.26 Å². The van der Waals surface area contributed by atoms with Crippen LogP contribution in [-0.2, 0) is 0 Å². The van der Waals surface area contributed by atoms with E-state index in [0.29, 0.717) is 6.54 Å². The molecule has 2 aromatic carbocycles. The molecule has 1 heterocycles. The first kappa shape index (κ1) is 13.0. The number of hydrogen-bond acceptors (Lipinski definition) is 4. The molecule has 0 aliphatic carbocycles. The lowest BCUT2D eigenvalue weighted by Crippen LogP contribution is -2.20. The molecule has 0 fully saturated rings. The van der Waals surface area contributed by atoms with E-state index in [1.165, 1.54) is 16.7 Å². The summed E-state index contributed by atoms with van der Waals surface area (Å²) >= 11 is 2.90. The highest BCUT2D eigenvalue weighted by Crippen LogP contribution is 2.48. The molecule has 0 saturated carbocycles. The van der Waals surface area contributed by atoms with Crippen LogP contribution in [0.1, 0.15) is 0 Å². The van der Waals surface area contributed by atoms with Crippen LogP contribution in [0.3, 0.4) is 0 Å². The Balaban J connectivity index is 2.10. The number of fused-ring (bicyclic) bond motifs is 2. The number of nitriles is 1. The molecule has 2 nitrogen and oxygen atoms in total. The molecule has 3 rings (SSSR count). The average Bonchev–Trinajstić information content (AvgIpc) is 2.47. The predicted molar refractivity (Wildman–Crippen MR) is 84.3 cm³/mol. The van der Waals surface area contributed by atoms with E-state index in [9.17, 15) is 0 Å². The van der Waals surface area contributed by atoms with E-state index in [1.807, 2.05) is 30.3 Å². The number of para-hydroxylation sites is 1. The van der Waals surface area contributed by atoms with Gasteiger partial charge in [-0.15, -0.1) is 6.42 Å². The Morgan fingerprint density at radius 1 is 1.15 bits per heavy atom. The Kier molecular flexibility index (Phi) is 3.60. The van der Waals surface area contributed by atoms with Gasteiger partial charge in [-0.05, 0) is 42.1 Å². The molecule has 0 spiro atoms. The van der Waals surface area contributed by atoms with E-state index in [0.717, 1.165) is 21.2 Å². The second-order valence-corrected chi connectivity index (χ2v) is 6.12. The monoisotopic (exact) mass is 294 g/mol. The lowest BCUT2D eigenvalue weighted by Gasteiger charge is -2.31. The largest absolute Gasteiger partial charge is 0.328 e. The molecule has 0 atom stereocenters. The molecule has 0 N–H and O–H groups in total. The van der Waals surface area contributed by atoms with Crippen LogP contribution >= 0.6 is 23.5 Å². The van der Waals surface area contributed by atoms with Gasteiger partial charge in [0, 0.05) is 14.7 Å². The maximum absolute atomic E-state index is 8.79. The van der Waals surface area contributed by atoms with E-state index in [2.05, 4.69) is 28.4 Å². The van der Waals surface area contributed by atoms with E-state index in [-0.39, 0.29) is 0 Å². The van der Waals surface area contributed by atoms with Crippen molar-refractivity contribution in [2.75, 3.05) is 11.4 Å². The molecular formula is C16H10N2S2. The third-order valence-electron chi connectivity index (χ3n) is 3.01. The molecule has 2 aromatic rings. The van der Waals surface area contributed by atoms with Gasteiger partial charge in [0.05, 0.1) is 17.9 Å². The first-order chi connectivity index (χ1) is 9.83. The second kappa shape index (κ2) is 5.54. The predicted octanol–water partition coefficient (Wildman–Crippen LogP) is 4.50. The summed E-state index contributed by atoms with van der Waals surface area (Å²) in [6.45, 7) is 0.537. The minimum Gasteiger partial charge on any atom is -0.328 e. The first-order valence-electron chi connectivity index (χ1n) is 6.01. The van der Waals surface area contributed by atoms with Gasteiger partial charge in [0.15, 0.2) is 0 Å². The van der Waals surface area contributed by atoms with E-state index < -0.39 is 0 Å². The molecule has 0 aromatic heterocycles. The molecule has 0 radical (unpaired) electrons. The van der Waals surface area contributed by atoms with Crippen molar-refractivity contribution in [3.05, 3.63) is 42.5 Å². The summed E-state index contributed by atoms with van der Waals surface area (Å²) in [4.78, 5) is 5.43. The molecule has 0 bridgehead atoms. The Hall–Kier alpha value is -2.01. The Morgan fingerprint density at radius 3 is 2.75 bits per heavy atom. The number of thiocyanates is 1. The van der Waals surface area contributed by atoms with Gasteiger partial charge in [-0.3, -0.25) is 0 Å². The highest BCUT2D eigenvalue weighted by Gasteiger charge is 2.22. The van der Waals surface area contributed by atoms with Crippen molar-refractivity contribution >= 4 is 34.9 Å². The summed E-state index contributed by atoms with van der Waals surface area (Å²) in [5, 5.41) is 10.9. The average molecular weight is 294 g/mol. The lowest BCUT2D eigenvalue weighted by atomic mass is 10.2. The van der Waals surface area contributed by atoms with Crippen molar-refractivity contribution in [2.24, 2.45) is 0 Å². The Bertz CT molecular complexity index is 741. The topological polar surface area (TPSA) is 27.0 Å². The van der Waals surface area contributed by atoms with Crippen molar-refractivity contribution in [3.8, 4) is 17.7 Å². The van der Waals surface area contributed by atoms with Crippen LogP contribution in [0.15, 0.2) is 57.2 Å². The third-order valence-corrected chi connectivity index (χ3v) is 4.70. The van der Waals surface area contributed by atoms with Crippen LogP contribution in [-0.4, -0.2) is 6.54 Å². The second-order valence-electron chi connectivity index (χ2n) is 4.18. The van der Waals surface area contributed by atoms with Crippen LogP contribution in [0.25, 0.3) is 0 Å². The van der Waals surface area contributed by atoms with Crippen molar-refractivity contribution in [1.29, 1.82) is 5.26 Å². The number of rotatable bonds is 2. The van der Waals surface area contributed by atoms with Crippen molar-refractivity contribution in [3.63, 3.8) is 0 Å². The van der Waals surface area contributed by atoms with Crippen LogP contribution in [0.4, 0.5) is 11.4 Å². The zero-order valence-electron chi connectivity index (χ0n) is 10.5. The molecule has 1 aliphatic rings. The van der Waals surface area contributed by atoms with Gasteiger partial charge >= 0.3 is 0 Å². The number of terminal acetylenes is 1. The Labute approximate surface area is 126 Å². The molecule has 0 saturated heterocycles. The summed E-state index contributed by atoms with van der Waals surface area (Å²) in [6, 6.07) is 14.3. The highest BCUT2D eigenvalue weighted by atomic mass is 32.2. The number of hydrogen-bond donors (Lipinski definition) is 0. The summed E-state index contributed by atoms with van der Waals surface area (Å²) in [7, 11) is 0. The lowest BCUT2D eigenvalue weighted by molar-refractivity contribution is 1.04. The number of benzene rings is 2. The van der Waals surface area contributed by atoms with E-state index in [4.69, 9.17) is 11.7 Å². The Morgan fingerprint density at radius 2 is 1.95 bits per heavy atom. The fourth-order valence-corrected chi connectivity index (χ4v) is 3.82. The van der Waals surface area contributed by atoms with Crippen molar-refractivity contribution in [2.45, 2.75) is 14.7 Å². The van der Waals surface area contributed by atoms with Gasteiger partial charge in [0.1, 0.15) is 5.40 Å². The van der Waals surface area contributed by atoms with Gasteiger partial charge in [0.25, 0.3) is 0 Å². The van der Waals surface area contributed by atoms with Crippen molar-refractivity contribution < 1.29 is 0 Å². The zero-order valence-corrected chi connectivity index (χ0v) is 12.2. The van der Waals surface area contributed by atoms with Gasteiger partial charge < -0.3 is 4.90 Å². The number of thioether (sulfide) groups is 1. The van der Waals surface area contributed by atoms with Gasteiger partial charge in [0.2, 0.25) is 0 Å². The molecule has 20 heavy (non-hydrogen) atoms. The molecule has 0 amide bonds. The summed E-state index contributed by atoms with van der Waals surface area (Å²) < 4.78 is 0. The van der Waals surface area contributed by atoms with Gasteiger partial charge in [-0.25, -0.2) is 0 Å². The van der Waals surface area contributed by atoms with Crippen LogP contribution in [0.2, 0.25) is 0 Å². The fourth-order valence-electron chi connectivity index (χ4n) is 2.19. The number of anilines is 2. The third kappa shape index (κ3) is 2.25. The molecule has 4 heteroatoms. The first-order valence-corrected chi connectivity index (χ1v) is 7.64. The summed E-state index contributed by atoms with van der Waals surface area (Å²) in [6.07, 6.45) is 5.51. The molecule has 0 unspecified atom stereocenters. The molecule has 1 aliphatic heterocycles. The van der Waals surface area contributed by atoms with Crippen molar-refractivity contribution in [1.82, 2.24) is 0 Å². The van der Waals surface area contributed by atoms with E-state index in [1.54, 1.807) is 11.8 Å². The van der Waals surface area contributed by atoms with Gasteiger partial charge in [-0.1, -0.05) is 29.8 Å². The van der Waals surface area contributed by atoms with Crippen LogP contribution in [0.5, 0.6) is 0 Å². The van der Waals surface area contributed by atoms with E-state index >= 15 is 0 Å². The standard InChI is InChI=1S/C16H10N2S2/c1-2-9-18-13-5-3-4-6-15(13)20-16-10-12(19-11-17)7-8-14(16)18/h1,3-8,10H,9H2. The maximum Gasteiger partial charge on any atom is 0.138 e. The highest BCUT2D eigenvalue weighted by molar-refractivity contribution is 8.03. The quantitative estimate of drug-likeness (QED) is 0.463. The SMILES string of the molecule is C#CCN1c2ccccc2Sc2cc(SC#N)ccc21.